The summed E-state index contributed by atoms with van der Waals surface area (Å²) in [6, 6.07) is 2.01. The molecule has 0 radical (unpaired) electrons. The molecule has 2 rings (SSSR count). The Morgan fingerprint density at radius 3 is 2.46 bits per heavy atom. The van der Waals surface area contributed by atoms with Crippen molar-refractivity contribution in [3.05, 3.63) is 35.6 Å². The number of benzene rings is 1. The van der Waals surface area contributed by atoms with Crippen LogP contribution in [0.5, 0.6) is 11.5 Å². The van der Waals surface area contributed by atoms with E-state index < -0.39 is 29.9 Å². The minimum absolute atomic E-state index is 0.0596. The first-order valence-electron chi connectivity index (χ1n) is 8.87. The number of rotatable bonds is 9. The van der Waals surface area contributed by atoms with Crippen molar-refractivity contribution in [2.75, 3.05) is 6.61 Å². The lowest BCUT2D eigenvalue weighted by Gasteiger charge is -2.25. The predicted octanol–water partition coefficient (Wildman–Crippen LogP) is 5.98. The van der Waals surface area contributed by atoms with Gasteiger partial charge in [0.05, 0.1) is 25.4 Å². The molecular weight excluding hydrogens is 352 g/mol. The van der Waals surface area contributed by atoms with Gasteiger partial charge in [0.15, 0.2) is 11.5 Å². The first-order valence-corrected chi connectivity index (χ1v) is 8.87. The quantitative estimate of drug-likeness (QED) is 0.496. The molecule has 0 bridgehead atoms. The minimum Gasteiger partial charge on any atom is -0.498 e. The summed E-state index contributed by atoms with van der Waals surface area (Å²) in [5.74, 6) is -4.02. The molecule has 1 aliphatic heterocycles. The summed E-state index contributed by atoms with van der Waals surface area (Å²) in [6.45, 7) is 3.79. The molecule has 0 saturated heterocycles. The topological polar surface area (TPSA) is 27.7 Å². The van der Waals surface area contributed by atoms with E-state index in [0.717, 1.165) is 31.4 Å². The summed E-state index contributed by atoms with van der Waals surface area (Å²) in [7, 11) is 0. The van der Waals surface area contributed by atoms with Gasteiger partial charge in [0.2, 0.25) is 11.6 Å². The van der Waals surface area contributed by atoms with Crippen LogP contribution in [-0.2, 0) is 4.74 Å². The van der Waals surface area contributed by atoms with Crippen LogP contribution >= 0.6 is 0 Å². The second kappa shape index (κ2) is 9.14. The number of alkyl halides is 2. The zero-order valence-electron chi connectivity index (χ0n) is 15.0. The van der Waals surface area contributed by atoms with Gasteiger partial charge in [0, 0.05) is 0 Å². The fourth-order valence-electron chi connectivity index (χ4n) is 2.78. The Balaban J connectivity index is 1.92. The van der Waals surface area contributed by atoms with E-state index >= 15 is 0 Å². The predicted molar refractivity (Wildman–Crippen MR) is 89.4 cm³/mol. The highest BCUT2D eigenvalue weighted by Gasteiger charge is 2.35. The van der Waals surface area contributed by atoms with Gasteiger partial charge in [-0.25, -0.2) is 0 Å². The highest BCUT2D eigenvalue weighted by molar-refractivity contribution is 5.35. The molecule has 1 heterocycles. The van der Waals surface area contributed by atoms with Gasteiger partial charge in [-0.2, -0.15) is 17.6 Å². The van der Waals surface area contributed by atoms with Gasteiger partial charge in [-0.1, -0.05) is 13.3 Å². The SMILES string of the molecule is CCCC1=COC(CCC(F)(F)Oc2ccc(OCC)c(F)c2F)CC1. The third-order valence-electron chi connectivity index (χ3n) is 4.11. The van der Waals surface area contributed by atoms with Crippen molar-refractivity contribution in [1.29, 1.82) is 0 Å². The Bertz CT molecular complexity index is 631. The summed E-state index contributed by atoms with van der Waals surface area (Å²) in [5.41, 5.74) is 1.18. The third-order valence-corrected chi connectivity index (χ3v) is 4.11. The van der Waals surface area contributed by atoms with E-state index in [2.05, 4.69) is 11.7 Å². The molecular formula is C19H24F4O3. The van der Waals surface area contributed by atoms with Crippen LogP contribution in [0.25, 0.3) is 0 Å². The Hall–Kier alpha value is -1.92. The van der Waals surface area contributed by atoms with E-state index in [-0.39, 0.29) is 24.9 Å². The molecule has 1 aromatic carbocycles. The Morgan fingerprint density at radius 1 is 1.15 bits per heavy atom. The lowest BCUT2D eigenvalue weighted by Crippen LogP contribution is -2.28. The van der Waals surface area contributed by atoms with Crippen LogP contribution in [0.1, 0.15) is 52.4 Å². The fourth-order valence-corrected chi connectivity index (χ4v) is 2.78. The largest absolute Gasteiger partial charge is 0.498 e. The lowest BCUT2D eigenvalue weighted by atomic mass is 9.99. The zero-order chi connectivity index (χ0) is 19.2. The molecule has 1 aromatic rings. The number of allylic oxidation sites excluding steroid dienone is 1. The molecule has 146 valence electrons. The van der Waals surface area contributed by atoms with Crippen molar-refractivity contribution in [3.8, 4) is 11.5 Å². The van der Waals surface area contributed by atoms with E-state index in [4.69, 9.17) is 9.47 Å². The molecule has 26 heavy (non-hydrogen) atoms. The Labute approximate surface area is 150 Å². The highest BCUT2D eigenvalue weighted by atomic mass is 19.3. The van der Waals surface area contributed by atoms with Gasteiger partial charge in [-0.3, -0.25) is 0 Å². The molecule has 0 saturated carbocycles. The summed E-state index contributed by atoms with van der Waals surface area (Å²) in [5, 5.41) is 0. The Kier molecular flexibility index (Phi) is 7.17. The van der Waals surface area contributed by atoms with Crippen LogP contribution in [0.4, 0.5) is 17.6 Å². The van der Waals surface area contributed by atoms with E-state index in [9.17, 15) is 17.6 Å². The normalized spacial score (nSPS) is 17.5. The van der Waals surface area contributed by atoms with Crippen LogP contribution in [-0.4, -0.2) is 18.8 Å². The smallest absolute Gasteiger partial charge is 0.398 e. The molecule has 1 unspecified atom stereocenters. The van der Waals surface area contributed by atoms with Crippen molar-refractivity contribution in [3.63, 3.8) is 0 Å². The Morgan fingerprint density at radius 2 is 1.85 bits per heavy atom. The maximum Gasteiger partial charge on any atom is 0.398 e. The molecule has 0 aliphatic carbocycles. The maximum absolute atomic E-state index is 14.0. The number of halogens is 4. The summed E-state index contributed by atoms with van der Waals surface area (Å²) in [6.07, 6.45) is 0.539. The average molecular weight is 376 g/mol. The number of hydrogen-bond donors (Lipinski definition) is 0. The molecule has 3 nitrogen and oxygen atoms in total. The third kappa shape index (κ3) is 5.54. The van der Waals surface area contributed by atoms with Crippen molar-refractivity contribution >= 4 is 0 Å². The number of hydrogen-bond acceptors (Lipinski definition) is 3. The zero-order valence-corrected chi connectivity index (χ0v) is 15.0. The van der Waals surface area contributed by atoms with Crippen LogP contribution in [0.15, 0.2) is 24.0 Å². The fraction of sp³-hybridized carbons (Fsp3) is 0.579. The molecule has 0 N–H and O–H groups in total. The van der Waals surface area contributed by atoms with Crippen molar-refractivity contribution in [1.82, 2.24) is 0 Å². The summed E-state index contributed by atoms with van der Waals surface area (Å²) in [4.78, 5) is 0. The number of ether oxygens (including phenoxy) is 3. The van der Waals surface area contributed by atoms with Gasteiger partial charge in [0.25, 0.3) is 0 Å². The van der Waals surface area contributed by atoms with E-state index in [0.29, 0.717) is 6.42 Å². The monoisotopic (exact) mass is 376 g/mol. The van der Waals surface area contributed by atoms with Crippen LogP contribution in [0.2, 0.25) is 0 Å². The molecule has 0 spiro atoms. The molecule has 1 atom stereocenters. The molecule has 7 heteroatoms. The van der Waals surface area contributed by atoms with Crippen molar-refractivity contribution < 1.29 is 31.8 Å². The first-order chi connectivity index (χ1) is 12.4. The van der Waals surface area contributed by atoms with Gasteiger partial charge >= 0.3 is 6.11 Å². The van der Waals surface area contributed by atoms with Crippen molar-refractivity contribution in [2.24, 2.45) is 0 Å². The second-order valence-electron chi connectivity index (χ2n) is 6.22. The second-order valence-corrected chi connectivity index (χ2v) is 6.22. The molecule has 0 fully saturated rings. The van der Waals surface area contributed by atoms with Crippen LogP contribution in [0.3, 0.4) is 0 Å². The molecule has 0 amide bonds. The van der Waals surface area contributed by atoms with Crippen LogP contribution in [0, 0.1) is 11.6 Å². The average Bonchev–Trinajstić information content (AvgIpc) is 2.61. The first kappa shape index (κ1) is 20.4. The van der Waals surface area contributed by atoms with Gasteiger partial charge in [-0.15, -0.1) is 0 Å². The summed E-state index contributed by atoms with van der Waals surface area (Å²) < 4.78 is 70.4. The highest BCUT2D eigenvalue weighted by Crippen LogP contribution is 2.34. The van der Waals surface area contributed by atoms with E-state index in [1.807, 2.05) is 0 Å². The van der Waals surface area contributed by atoms with Gasteiger partial charge < -0.3 is 14.2 Å². The molecule has 0 aromatic heterocycles. The van der Waals surface area contributed by atoms with Crippen LogP contribution < -0.4 is 9.47 Å². The van der Waals surface area contributed by atoms with E-state index in [1.54, 1.807) is 13.2 Å². The lowest BCUT2D eigenvalue weighted by molar-refractivity contribution is -0.186. The van der Waals surface area contributed by atoms with E-state index in [1.165, 1.54) is 5.57 Å². The maximum atomic E-state index is 14.0. The standard InChI is InChI=1S/C19H24F4O3/c1-3-5-13-6-7-14(25-12-13)10-11-19(22,23)26-16-9-8-15(24-4-2)17(20)18(16)21/h8-9,12,14H,3-7,10-11H2,1-2H3. The molecule has 1 aliphatic rings. The summed E-state index contributed by atoms with van der Waals surface area (Å²) >= 11 is 0. The van der Waals surface area contributed by atoms with Gasteiger partial charge in [0.1, 0.15) is 0 Å². The van der Waals surface area contributed by atoms with Gasteiger partial charge in [-0.05, 0) is 50.3 Å². The minimum atomic E-state index is -3.63. The van der Waals surface area contributed by atoms with Crippen molar-refractivity contribution in [2.45, 2.75) is 64.6 Å².